The second-order valence-electron chi connectivity index (χ2n) is 6.10. The number of benzene rings is 1. The highest BCUT2D eigenvalue weighted by molar-refractivity contribution is 5.66. The molecule has 1 aromatic carbocycles. The average molecular weight is 337 g/mol. The van der Waals surface area contributed by atoms with Crippen LogP contribution >= 0.6 is 0 Å². The van der Waals surface area contributed by atoms with E-state index in [4.69, 9.17) is 0 Å². The van der Waals surface area contributed by atoms with Gasteiger partial charge in [-0.05, 0) is 25.1 Å². The number of hydrogen-bond acceptors (Lipinski definition) is 5. The van der Waals surface area contributed by atoms with Crippen LogP contribution in [-0.2, 0) is 0 Å². The largest absolute Gasteiger partial charge is 0.334 e. The van der Waals surface area contributed by atoms with Crippen LogP contribution in [-0.4, -0.2) is 19.5 Å². The molecule has 3 rings (SSSR count). The van der Waals surface area contributed by atoms with Crippen LogP contribution in [0.15, 0.2) is 48.8 Å². The van der Waals surface area contributed by atoms with Gasteiger partial charge in [0, 0.05) is 30.1 Å². The van der Waals surface area contributed by atoms with Crippen molar-refractivity contribution in [2.75, 3.05) is 5.32 Å². The standard InChI is InChI=1S/C18H19N5O2/c1-12(2)18-19-10-11-22(18)16-9-8-15(23(24)25)17(21-16)20-14-6-4-13(3)5-7-14/h4-12H,1-3H3,(H,20,21). The molecule has 128 valence electrons. The molecular weight excluding hydrogens is 318 g/mol. The average Bonchev–Trinajstić information content (AvgIpc) is 3.06. The van der Waals surface area contributed by atoms with E-state index in [-0.39, 0.29) is 17.4 Å². The molecule has 0 aliphatic heterocycles. The molecule has 0 aliphatic carbocycles. The second-order valence-corrected chi connectivity index (χ2v) is 6.10. The van der Waals surface area contributed by atoms with Crippen LogP contribution in [0.1, 0.15) is 31.2 Å². The van der Waals surface area contributed by atoms with Crippen LogP contribution in [0.5, 0.6) is 0 Å². The van der Waals surface area contributed by atoms with Gasteiger partial charge in [0.2, 0.25) is 5.82 Å². The van der Waals surface area contributed by atoms with Gasteiger partial charge in [-0.1, -0.05) is 31.5 Å². The Bertz CT molecular complexity index is 900. The van der Waals surface area contributed by atoms with Gasteiger partial charge in [0.25, 0.3) is 0 Å². The molecule has 0 unspecified atom stereocenters. The first kappa shape index (κ1) is 16.6. The fraction of sp³-hybridized carbons (Fsp3) is 0.222. The molecule has 1 N–H and O–H groups in total. The van der Waals surface area contributed by atoms with Crippen LogP contribution in [0.3, 0.4) is 0 Å². The van der Waals surface area contributed by atoms with Crippen molar-refractivity contribution < 1.29 is 4.92 Å². The Morgan fingerprint density at radius 3 is 2.52 bits per heavy atom. The maximum Gasteiger partial charge on any atom is 0.311 e. The summed E-state index contributed by atoms with van der Waals surface area (Å²) >= 11 is 0. The molecule has 0 bridgehead atoms. The van der Waals surface area contributed by atoms with Crippen molar-refractivity contribution >= 4 is 17.2 Å². The highest BCUT2D eigenvalue weighted by atomic mass is 16.6. The zero-order valence-electron chi connectivity index (χ0n) is 14.3. The van der Waals surface area contributed by atoms with E-state index in [2.05, 4.69) is 15.3 Å². The van der Waals surface area contributed by atoms with E-state index in [1.54, 1.807) is 18.5 Å². The number of aromatic nitrogens is 3. The number of nitro groups is 1. The fourth-order valence-corrected chi connectivity index (χ4v) is 2.52. The number of hydrogen-bond donors (Lipinski definition) is 1. The van der Waals surface area contributed by atoms with E-state index in [1.807, 2.05) is 49.6 Å². The molecule has 0 aliphatic rings. The summed E-state index contributed by atoms with van der Waals surface area (Å²) < 4.78 is 1.84. The molecule has 25 heavy (non-hydrogen) atoms. The number of imidazole rings is 1. The molecular formula is C18H19N5O2. The van der Waals surface area contributed by atoms with Gasteiger partial charge in [0.05, 0.1) is 4.92 Å². The maximum atomic E-state index is 11.3. The third-order valence-corrected chi connectivity index (χ3v) is 3.80. The third-order valence-electron chi connectivity index (χ3n) is 3.80. The predicted molar refractivity (Wildman–Crippen MR) is 96.6 cm³/mol. The van der Waals surface area contributed by atoms with Crippen LogP contribution < -0.4 is 5.32 Å². The minimum absolute atomic E-state index is 0.0736. The lowest BCUT2D eigenvalue weighted by atomic mass is 10.2. The number of pyridine rings is 1. The normalized spacial score (nSPS) is 10.9. The van der Waals surface area contributed by atoms with Crippen LogP contribution in [0.25, 0.3) is 5.82 Å². The van der Waals surface area contributed by atoms with Crippen molar-refractivity contribution in [2.24, 2.45) is 0 Å². The molecule has 2 heterocycles. The molecule has 2 aromatic heterocycles. The SMILES string of the molecule is Cc1ccc(Nc2nc(-n3ccnc3C(C)C)ccc2[N+](=O)[O-])cc1. The zero-order valence-corrected chi connectivity index (χ0v) is 14.3. The maximum absolute atomic E-state index is 11.3. The van der Waals surface area contributed by atoms with Crippen molar-refractivity contribution in [2.45, 2.75) is 26.7 Å². The monoisotopic (exact) mass is 337 g/mol. The highest BCUT2D eigenvalue weighted by Gasteiger charge is 2.18. The Labute approximate surface area is 145 Å². The van der Waals surface area contributed by atoms with Crippen LogP contribution in [0.2, 0.25) is 0 Å². The van der Waals surface area contributed by atoms with Gasteiger partial charge in [-0.3, -0.25) is 14.7 Å². The predicted octanol–water partition coefficient (Wildman–Crippen LogP) is 4.35. The van der Waals surface area contributed by atoms with E-state index < -0.39 is 4.92 Å². The van der Waals surface area contributed by atoms with Gasteiger partial charge in [-0.2, -0.15) is 0 Å². The Hall–Kier alpha value is -3.22. The molecule has 3 aromatic rings. The van der Waals surface area contributed by atoms with Gasteiger partial charge in [-0.15, -0.1) is 0 Å². The molecule has 7 heteroatoms. The van der Waals surface area contributed by atoms with E-state index >= 15 is 0 Å². The summed E-state index contributed by atoms with van der Waals surface area (Å²) in [5.74, 6) is 1.85. The zero-order chi connectivity index (χ0) is 18.0. The third kappa shape index (κ3) is 3.50. The fourth-order valence-electron chi connectivity index (χ4n) is 2.52. The van der Waals surface area contributed by atoms with Crippen LogP contribution in [0, 0.1) is 17.0 Å². The molecule has 7 nitrogen and oxygen atoms in total. The number of aryl methyl sites for hydroxylation is 1. The van der Waals surface area contributed by atoms with E-state index in [1.165, 1.54) is 6.07 Å². The van der Waals surface area contributed by atoms with Crippen molar-refractivity contribution in [1.29, 1.82) is 0 Å². The first-order chi connectivity index (χ1) is 12.0. The topological polar surface area (TPSA) is 85.9 Å². The molecule has 0 saturated carbocycles. The Kier molecular flexibility index (Phi) is 4.47. The quantitative estimate of drug-likeness (QED) is 0.552. The summed E-state index contributed by atoms with van der Waals surface area (Å²) in [5, 5.41) is 14.4. The Balaban J connectivity index is 2.04. The molecule has 0 fully saturated rings. The smallest absolute Gasteiger partial charge is 0.311 e. The molecule has 0 spiro atoms. The lowest BCUT2D eigenvalue weighted by Crippen LogP contribution is -2.07. The number of anilines is 2. The summed E-state index contributed by atoms with van der Waals surface area (Å²) in [6.45, 7) is 6.06. The van der Waals surface area contributed by atoms with Crippen LogP contribution in [0.4, 0.5) is 17.2 Å². The van der Waals surface area contributed by atoms with E-state index in [0.29, 0.717) is 5.82 Å². The first-order valence-corrected chi connectivity index (χ1v) is 7.98. The Morgan fingerprint density at radius 1 is 1.16 bits per heavy atom. The summed E-state index contributed by atoms with van der Waals surface area (Å²) in [5.41, 5.74) is 1.78. The van der Waals surface area contributed by atoms with Gasteiger partial charge in [-0.25, -0.2) is 9.97 Å². The van der Waals surface area contributed by atoms with Gasteiger partial charge < -0.3 is 5.32 Å². The summed E-state index contributed by atoms with van der Waals surface area (Å²) in [6.07, 6.45) is 3.50. The van der Waals surface area contributed by atoms with Crippen molar-refractivity contribution in [1.82, 2.24) is 14.5 Å². The summed E-state index contributed by atoms with van der Waals surface area (Å²) in [7, 11) is 0. The Morgan fingerprint density at radius 2 is 1.88 bits per heavy atom. The summed E-state index contributed by atoms with van der Waals surface area (Å²) in [6, 6.07) is 10.7. The number of nitrogens with one attached hydrogen (secondary N) is 1. The number of nitrogens with zero attached hydrogens (tertiary/aromatic N) is 4. The van der Waals surface area contributed by atoms with Crippen molar-refractivity contribution in [3.05, 3.63) is 70.3 Å². The first-order valence-electron chi connectivity index (χ1n) is 7.98. The number of rotatable bonds is 5. The van der Waals surface area contributed by atoms with Crippen molar-refractivity contribution in [3.8, 4) is 5.82 Å². The highest BCUT2D eigenvalue weighted by Crippen LogP contribution is 2.28. The lowest BCUT2D eigenvalue weighted by molar-refractivity contribution is -0.384. The van der Waals surface area contributed by atoms with E-state index in [9.17, 15) is 10.1 Å². The lowest BCUT2D eigenvalue weighted by Gasteiger charge is -2.12. The van der Waals surface area contributed by atoms with Crippen molar-refractivity contribution in [3.63, 3.8) is 0 Å². The molecule has 0 radical (unpaired) electrons. The minimum atomic E-state index is -0.440. The minimum Gasteiger partial charge on any atom is -0.334 e. The van der Waals surface area contributed by atoms with E-state index in [0.717, 1.165) is 17.1 Å². The van der Waals surface area contributed by atoms with Gasteiger partial charge in [0.15, 0.2) is 0 Å². The molecule has 0 atom stereocenters. The second kappa shape index (κ2) is 6.72. The molecule has 0 saturated heterocycles. The molecule has 0 amide bonds. The summed E-state index contributed by atoms with van der Waals surface area (Å²) in [4.78, 5) is 19.7. The van der Waals surface area contributed by atoms with Gasteiger partial charge >= 0.3 is 5.69 Å². The van der Waals surface area contributed by atoms with Gasteiger partial charge in [0.1, 0.15) is 11.6 Å².